The van der Waals surface area contributed by atoms with Gasteiger partial charge in [0.05, 0.1) is 12.7 Å². The van der Waals surface area contributed by atoms with Crippen LogP contribution >= 0.6 is 0 Å². The topological polar surface area (TPSA) is 55.1 Å². The van der Waals surface area contributed by atoms with Crippen LogP contribution < -0.4 is 9.47 Å². The largest absolute Gasteiger partial charge is 0.488 e. The molecule has 0 unspecified atom stereocenters. The van der Waals surface area contributed by atoms with Crippen molar-refractivity contribution in [2.75, 3.05) is 7.11 Å². The third-order valence-corrected chi connectivity index (χ3v) is 3.62. The summed E-state index contributed by atoms with van der Waals surface area (Å²) in [5, 5.41) is 9.40. The second-order valence-electron chi connectivity index (χ2n) is 5.19. The standard InChI is InChI=1S/C20H16N2O2/c1-23-20-10-8-17(13-22-20)16-7-9-19(18(11-16)12-21)24-14-15-5-3-2-4-6-15/h2-11,13H,14H2,1H3. The Morgan fingerprint density at radius 3 is 2.46 bits per heavy atom. The van der Waals surface area contributed by atoms with E-state index in [9.17, 15) is 5.26 Å². The molecule has 0 saturated heterocycles. The van der Waals surface area contributed by atoms with Gasteiger partial charge in [-0.3, -0.25) is 0 Å². The molecular formula is C20H16N2O2. The fraction of sp³-hybridized carbons (Fsp3) is 0.100. The van der Waals surface area contributed by atoms with E-state index in [1.165, 1.54) is 0 Å². The monoisotopic (exact) mass is 316 g/mol. The Kier molecular flexibility index (Phi) is 4.73. The van der Waals surface area contributed by atoms with Crippen molar-refractivity contribution in [3.63, 3.8) is 0 Å². The first-order chi connectivity index (χ1) is 11.8. The molecule has 0 bridgehead atoms. The van der Waals surface area contributed by atoms with Crippen molar-refractivity contribution in [3.05, 3.63) is 78.0 Å². The van der Waals surface area contributed by atoms with E-state index in [1.54, 1.807) is 19.4 Å². The Labute approximate surface area is 140 Å². The number of methoxy groups -OCH3 is 1. The molecule has 0 spiro atoms. The summed E-state index contributed by atoms with van der Waals surface area (Å²) >= 11 is 0. The summed E-state index contributed by atoms with van der Waals surface area (Å²) in [5.41, 5.74) is 3.39. The van der Waals surface area contributed by atoms with Gasteiger partial charge in [-0.15, -0.1) is 0 Å². The maximum Gasteiger partial charge on any atom is 0.212 e. The molecule has 0 amide bonds. The average Bonchev–Trinajstić information content (AvgIpc) is 2.67. The zero-order valence-electron chi connectivity index (χ0n) is 13.3. The second kappa shape index (κ2) is 7.30. The number of pyridine rings is 1. The van der Waals surface area contributed by atoms with Crippen molar-refractivity contribution in [1.29, 1.82) is 5.26 Å². The van der Waals surface area contributed by atoms with Gasteiger partial charge in [0.2, 0.25) is 5.88 Å². The Hall–Kier alpha value is -3.32. The van der Waals surface area contributed by atoms with Gasteiger partial charge < -0.3 is 9.47 Å². The van der Waals surface area contributed by atoms with Crippen LogP contribution in [0.25, 0.3) is 11.1 Å². The molecule has 1 aromatic heterocycles. The molecule has 4 heteroatoms. The van der Waals surface area contributed by atoms with Crippen LogP contribution in [-0.2, 0) is 6.61 Å². The molecule has 1 heterocycles. The lowest BCUT2D eigenvalue weighted by atomic mass is 10.0. The van der Waals surface area contributed by atoms with Crippen LogP contribution in [0.5, 0.6) is 11.6 Å². The van der Waals surface area contributed by atoms with Crippen molar-refractivity contribution in [2.24, 2.45) is 0 Å². The fourth-order valence-electron chi connectivity index (χ4n) is 2.33. The molecule has 3 rings (SSSR count). The van der Waals surface area contributed by atoms with Gasteiger partial charge in [-0.2, -0.15) is 5.26 Å². The molecule has 0 aliphatic heterocycles. The zero-order chi connectivity index (χ0) is 16.8. The van der Waals surface area contributed by atoms with E-state index in [-0.39, 0.29) is 0 Å². The maximum atomic E-state index is 9.40. The lowest BCUT2D eigenvalue weighted by Gasteiger charge is -2.10. The first-order valence-electron chi connectivity index (χ1n) is 7.51. The summed E-state index contributed by atoms with van der Waals surface area (Å²) in [4.78, 5) is 4.19. The Bertz CT molecular complexity index is 853. The van der Waals surface area contributed by atoms with Crippen LogP contribution in [0.2, 0.25) is 0 Å². The summed E-state index contributed by atoms with van der Waals surface area (Å²) in [6.07, 6.45) is 1.72. The molecule has 2 aromatic carbocycles. The molecule has 0 atom stereocenters. The van der Waals surface area contributed by atoms with Gasteiger partial charge in [0.25, 0.3) is 0 Å². The smallest absolute Gasteiger partial charge is 0.212 e. The lowest BCUT2D eigenvalue weighted by Crippen LogP contribution is -1.97. The van der Waals surface area contributed by atoms with E-state index in [0.717, 1.165) is 16.7 Å². The summed E-state index contributed by atoms with van der Waals surface area (Å²) in [6, 6.07) is 21.3. The molecule has 0 N–H and O–H groups in total. The van der Waals surface area contributed by atoms with E-state index >= 15 is 0 Å². The average molecular weight is 316 g/mol. The van der Waals surface area contributed by atoms with Gasteiger partial charge in [-0.05, 0) is 29.3 Å². The predicted molar refractivity (Wildman–Crippen MR) is 91.7 cm³/mol. The second-order valence-corrected chi connectivity index (χ2v) is 5.19. The normalized spacial score (nSPS) is 10.0. The Morgan fingerprint density at radius 2 is 1.79 bits per heavy atom. The van der Waals surface area contributed by atoms with Crippen molar-refractivity contribution < 1.29 is 9.47 Å². The van der Waals surface area contributed by atoms with Crippen LogP contribution in [0.4, 0.5) is 0 Å². The number of rotatable bonds is 5. The van der Waals surface area contributed by atoms with E-state index in [1.807, 2.05) is 54.6 Å². The van der Waals surface area contributed by atoms with Crippen LogP contribution in [0.1, 0.15) is 11.1 Å². The highest BCUT2D eigenvalue weighted by Gasteiger charge is 2.07. The minimum absolute atomic E-state index is 0.430. The summed E-state index contributed by atoms with van der Waals surface area (Å²) in [7, 11) is 1.58. The number of nitrogens with zero attached hydrogens (tertiary/aromatic N) is 2. The third kappa shape index (κ3) is 3.53. The van der Waals surface area contributed by atoms with Crippen LogP contribution in [0.3, 0.4) is 0 Å². The predicted octanol–water partition coefficient (Wildman–Crippen LogP) is 4.21. The minimum atomic E-state index is 0.430. The van der Waals surface area contributed by atoms with E-state index < -0.39 is 0 Å². The first-order valence-corrected chi connectivity index (χ1v) is 7.51. The molecule has 0 fully saturated rings. The van der Waals surface area contributed by atoms with Crippen molar-refractivity contribution in [1.82, 2.24) is 4.98 Å². The summed E-state index contributed by atoms with van der Waals surface area (Å²) in [6.45, 7) is 0.430. The number of ether oxygens (including phenoxy) is 2. The number of benzene rings is 2. The number of aromatic nitrogens is 1. The molecule has 0 saturated carbocycles. The van der Waals surface area contributed by atoms with Crippen molar-refractivity contribution in [3.8, 4) is 28.8 Å². The third-order valence-electron chi connectivity index (χ3n) is 3.62. The molecular weight excluding hydrogens is 300 g/mol. The minimum Gasteiger partial charge on any atom is -0.488 e. The molecule has 118 valence electrons. The molecule has 0 aliphatic rings. The summed E-state index contributed by atoms with van der Waals surface area (Å²) < 4.78 is 10.8. The van der Waals surface area contributed by atoms with Gasteiger partial charge in [0.15, 0.2) is 0 Å². The highest BCUT2D eigenvalue weighted by molar-refractivity contribution is 5.66. The van der Waals surface area contributed by atoms with Crippen LogP contribution in [0.15, 0.2) is 66.9 Å². The number of hydrogen-bond acceptors (Lipinski definition) is 4. The van der Waals surface area contributed by atoms with E-state index in [2.05, 4.69) is 11.1 Å². The zero-order valence-corrected chi connectivity index (χ0v) is 13.3. The fourth-order valence-corrected chi connectivity index (χ4v) is 2.33. The maximum absolute atomic E-state index is 9.40. The molecule has 0 radical (unpaired) electrons. The SMILES string of the molecule is COc1ccc(-c2ccc(OCc3ccccc3)c(C#N)c2)cn1. The Balaban J connectivity index is 1.81. The summed E-state index contributed by atoms with van der Waals surface area (Å²) in [5.74, 6) is 1.13. The molecule has 0 aliphatic carbocycles. The number of hydrogen-bond donors (Lipinski definition) is 0. The molecule has 3 aromatic rings. The van der Waals surface area contributed by atoms with Gasteiger partial charge >= 0.3 is 0 Å². The van der Waals surface area contributed by atoms with Gasteiger partial charge in [0.1, 0.15) is 18.4 Å². The van der Waals surface area contributed by atoms with Crippen LogP contribution in [-0.4, -0.2) is 12.1 Å². The Morgan fingerprint density at radius 1 is 1.00 bits per heavy atom. The lowest BCUT2D eigenvalue weighted by molar-refractivity contribution is 0.305. The van der Waals surface area contributed by atoms with Crippen LogP contribution in [0, 0.1) is 11.3 Å². The van der Waals surface area contributed by atoms with Crippen molar-refractivity contribution in [2.45, 2.75) is 6.61 Å². The highest BCUT2D eigenvalue weighted by Crippen LogP contribution is 2.27. The first kappa shape index (κ1) is 15.6. The molecule has 4 nitrogen and oxygen atoms in total. The van der Waals surface area contributed by atoms with E-state index in [0.29, 0.717) is 23.8 Å². The quantitative estimate of drug-likeness (QED) is 0.707. The number of nitriles is 1. The highest BCUT2D eigenvalue weighted by atomic mass is 16.5. The van der Waals surface area contributed by atoms with Crippen molar-refractivity contribution >= 4 is 0 Å². The van der Waals surface area contributed by atoms with Gasteiger partial charge in [0, 0.05) is 17.8 Å². The van der Waals surface area contributed by atoms with E-state index in [4.69, 9.17) is 9.47 Å². The molecule has 24 heavy (non-hydrogen) atoms. The van der Waals surface area contributed by atoms with Gasteiger partial charge in [-0.1, -0.05) is 36.4 Å². The van der Waals surface area contributed by atoms with Gasteiger partial charge in [-0.25, -0.2) is 4.98 Å².